The van der Waals surface area contributed by atoms with Crippen molar-refractivity contribution >= 4 is 34.0 Å². The third kappa shape index (κ3) is 3.66. The third-order valence-corrected chi connectivity index (χ3v) is 3.25. The molecule has 1 heterocycles. The van der Waals surface area contributed by atoms with Gasteiger partial charge in [0, 0.05) is 22.4 Å². The fourth-order valence-electron chi connectivity index (χ4n) is 1.70. The number of nitrogens with one attached hydrogen (secondary N) is 1. The van der Waals surface area contributed by atoms with Crippen molar-refractivity contribution in [2.75, 3.05) is 11.9 Å². The molecule has 7 heteroatoms. The summed E-state index contributed by atoms with van der Waals surface area (Å²) in [5.41, 5.74) is 1.73. The minimum Gasteiger partial charge on any atom is -0.378 e. The summed E-state index contributed by atoms with van der Waals surface area (Å²) in [4.78, 5) is 10.6. The molecule has 0 atom stereocenters. The molecule has 6 nitrogen and oxygen atoms in total. The highest BCUT2D eigenvalue weighted by Gasteiger charge is 2.13. The summed E-state index contributed by atoms with van der Waals surface area (Å²) in [6.07, 6.45) is 3.72. The smallest absolute Gasteiger partial charge is 0.293 e. The average molecular weight is 372 g/mol. The van der Waals surface area contributed by atoms with Crippen molar-refractivity contribution in [1.29, 1.82) is 0 Å². The van der Waals surface area contributed by atoms with E-state index in [-0.39, 0.29) is 10.6 Å². The van der Waals surface area contributed by atoms with Gasteiger partial charge >= 0.3 is 0 Å². The number of benzene rings is 1. The van der Waals surface area contributed by atoms with Crippen molar-refractivity contribution in [3.05, 3.63) is 49.8 Å². The number of aryl methyl sites for hydroxylation is 1. The van der Waals surface area contributed by atoms with Crippen LogP contribution >= 0.6 is 22.6 Å². The molecule has 0 bridgehead atoms. The maximum absolute atomic E-state index is 11.0. The number of hydrogen-bond donors (Lipinski definition) is 1. The normalized spacial score (nSPS) is 10.4. The molecule has 0 aliphatic rings. The molecule has 1 aromatic carbocycles. The lowest BCUT2D eigenvalue weighted by Gasteiger charge is -2.07. The van der Waals surface area contributed by atoms with Crippen LogP contribution in [0.25, 0.3) is 0 Å². The fourth-order valence-corrected chi connectivity index (χ4v) is 2.17. The summed E-state index contributed by atoms with van der Waals surface area (Å²) in [5, 5.41) is 18.2. The van der Waals surface area contributed by atoms with Crippen LogP contribution in [0.3, 0.4) is 0 Å². The Kier molecular flexibility index (Phi) is 4.35. The summed E-state index contributed by atoms with van der Waals surface area (Å²) >= 11 is 2.06. The van der Waals surface area contributed by atoms with E-state index in [9.17, 15) is 10.1 Å². The SMILES string of the molecule is Cc1cnn(CCNc2ccc(I)cc2[N+](=O)[O-])c1. The van der Waals surface area contributed by atoms with E-state index in [2.05, 4.69) is 33.0 Å². The molecule has 0 saturated heterocycles. The number of nitro benzene ring substituents is 1. The number of rotatable bonds is 5. The van der Waals surface area contributed by atoms with Crippen molar-refractivity contribution in [2.45, 2.75) is 13.5 Å². The van der Waals surface area contributed by atoms with Crippen LogP contribution in [0, 0.1) is 20.6 Å². The van der Waals surface area contributed by atoms with E-state index in [1.165, 1.54) is 0 Å². The fraction of sp³-hybridized carbons (Fsp3) is 0.250. The molecule has 1 N–H and O–H groups in total. The van der Waals surface area contributed by atoms with Gasteiger partial charge in [0.05, 0.1) is 17.7 Å². The van der Waals surface area contributed by atoms with E-state index in [1.807, 2.05) is 19.2 Å². The van der Waals surface area contributed by atoms with Crippen LogP contribution in [-0.2, 0) is 6.54 Å². The van der Waals surface area contributed by atoms with E-state index in [0.29, 0.717) is 18.8 Å². The Morgan fingerprint density at radius 3 is 2.95 bits per heavy atom. The first-order valence-corrected chi connectivity index (χ1v) is 6.81. The van der Waals surface area contributed by atoms with Crippen LogP contribution in [0.2, 0.25) is 0 Å². The summed E-state index contributed by atoms with van der Waals surface area (Å²) < 4.78 is 2.65. The zero-order valence-corrected chi connectivity index (χ0v) is 12.5. The largest absolute Gasteiger partial charge is 0.378 e. The van der Waals surface area contributed by atoms with Gasteiger partial charge in [-0.05, 0) is 47.2 Å². The first-order chi connectivity index (χ1) is 9.06. The van der Waals surface area contributed by atoms with Gasteiger partial charge in [-0.3, -0.25) is 14.8 Å². The van der Waals surface area contributed by atoms with Crippen molar-refractivity contribution in [2.24, 2.45) is 0 Å². The Hall–Kier alpha value is -1.64. The van der Waals surface area contributed by atoms with Gasteiger partial charge in [-0.1, -0.05) is 0 Å². The first-order valence-electron chi connectivity index (χ1n) is 5.73. The standard InChI is InChI=1S/C12H13IN4O2/c1-9-7-15-16(8-9)5-4-14-11-3-2-10(13)6-12(11)17(18)19/h2-3,6-8,14H,4-5H2,1H3. The second kappa shape index (κ2) is 6.00. The van der Waals surface area contributed by atoms with Gasteiger partial charge in [-0.15, -0.1) is 0 Å². The van der Waals surface area contributed by atoms with Gasteiger partial charge in [0.15, 0.2) is 0 Å². The van der Waals surface area contributed by atoms with Crippen LogP contribution < -0.4 is 5.32 Å². The molecule has 0 aliphatic carbocycles. The highest BCUT2D eigenvalue weighted by Crippen LogP contribution is 2.25. The molecule has 100 valence electrons. The highest BCUT2D eigenvalue weighted by atomic mass is 127. The number of nitrogens with zero attached hydrogens (tertiary/aromatic N) is 3. The predicted molar refractivity (Wildman–Crippen MR) is 81.3 cm³/mol. The second-order valence-corrected chi connectivity index (χ2v) is 5.37. The average Bonchev–Trinajstić information content (AvgIpc) is 2.77. The van der Waals surface area contributed by atoms with Crippen molar-refractivity contribution < 1.29 is 4.92 Å². The maximum atomic E-state index is 11.0. The molecule has 0 saturated carbocycles. The number of nitro groups is 1. The molecule has 2 aromatic rings. The number of anilines is 1. The molecule has 2 rings (SSSR count). The molecule has 0 radical (unpaired) electrons. The molecule has 1 aromatic heterocycles. The van der Waals surface area contributed by atoms with Crippen molar-refractivity contribution in [3.8, 4) is 0 Å². The molecule has 0 unspecified atom stereocenters. The zero-order valence-electron chi connectivity index (χ0n) is 10.3. The van der Waals surface area contributed by atoms with Gasteiger partial charge in [0.25, 0.3) is 5.69 Å². The minimum atomic E-state index is -0.372. The third-order valence-electron chi connectivity index (χ3n) is 2.58. The summed E-state index contributed by atoms with van der Waals surface area (Å²) in [7, 11) is 0. The van der Waals surface area contributed by atoms with Gasteiger partial charge in [-0.25, -0.2) is 0 Å². The molecule has 19 heavy (non-hydrogen) atoms. The van der Waals surface area contributed by atoms with E-state index < -0.39 is 0 Å². The minimum absolute atomic E-state index is 0.101. The molecule has 0 aliphatic heterocycles. The Labute approximate surface area is 124 Å². The molecule has 0 spiro atoms. The van der Waals surface area contributed by atoms with E-state index in [1.54, 1.807) is 23.0 Å². The van der Waals surface area contributed by atoms with Crippen LogP contribution in [-0.4, -0.2) is 21.2 Å². The van der Waals surface area contributed by atoms with Gasteiger partial charge in [-0.2, -0.15) is 5.10 Å². The van der Waals surface area contributed by atoms with Crippen LogP contribution in [0.15, 0.2) is 30.6 Å². The molecular weight excluding hydrogens is 359 g/mol. The monoisotopic (exact) mass is 372 g/mol. The Balaban J connectivity index is 2.01. The second-order valence-electron chi connectivity index (χ2n) is 4.13. The molecule has 0 amide bonds. The maximum Gasteiger partial charge on any atom is 0.293 e. The highest BCUT2D eigenvalue weighted by molar-refractivity contribution is 14.1. The van der Waals surface area contributed by atoms with Gasteiger partial charge in [0.2, 0.25) is 0 Å². The first kappa shape index (κ1) is 13.8. The number of halogens is 1. The van der Waals surface area contributed by atoms with E-state index in [0.717, 1.165) is 9.13 Å². The Morgan fingerprint density at radius 2 is 2.32 bits per heavy atom. The van der Waals surface area contributed by atoms with E-state index >= 15 is 0 Å². The van der Waals surface area contributed by atoms with Gasteiger partial charge < -0.3 is 5.32 Å². The Bertz CT molecular complexity index is 597. The Morgan fingerprint density at radius 1 is 1.53 bits per heavy atom. The lowest BCUT2D eigenvalue weighted by molar-refractivity contribution is -0.384. The topological polar surface area (TPSA) is 73.0 Å². The lowest BCUT2D eigenvalue weighted by atomic mass is 10.2. The zero-order chi connectivity index (χ0) is 13.8. The number of aromatic nitrogens is 2. The summed E-state index contributed by atoms with van der Waals surface area (Å²) in [6, 6.07) is 5.13. The predicted octanol–water partition coefficient (Wildman–Crippen LogP) is 2.82. The van der Waals surface area contributed by atoms with Crippen molar-refractivity contribution in [1.82, 2.24) is 9.78 Å². The van der Waals surface area contributed by atoms with E-state index in [4.69, 9.17) is 0 Å². The van der Waals surface area contributed by atoms with Crippen molar-refractivity contribution in [3.63, 3.8) is 0 Å². The lowest BCUT2D eigenvalue weighted by Crippen LogP contribution is -2.11. The van der Waals surface area contributed by atoms with Crippen LogP contribution in [0.5, 0.6) is 0 Å². The molecular formula is C12H13IN4O2. The number of hydrogen-bond acceptors (Lipinski definition) is 4. The summed E-state index contributed by atoms with van der Waals surface area (Å²) in [6.45, 7) is 3.22. The quantitative estimate of drug-likeness (QED) is 0.498. The molecule has 0 fully saturated rings. The van der Waals surface area contributed by atoms with Crippen LogP contribution in [0.4, 0.5) is 11.4 Å². The van der Waals surface area contributed by atoms with Crippen LogP contribution in [0.1, 0.15) is 5.56 Å². The summed E-state index contributed by atoms with van der Waals surface area (Å²) in [5.74, 6) is 0. The van der Waals surface area contributed by atoms with Gasteiger partial charge in [0.1, 0.15) is 5.69 Å².